The van der Waals surface area contributed by atoms with Crippen LogP contribution in [0.3, 0.4) is 0 Å². The van der Waals surface area contributed by atoms with Gasteiger partial charge in [-0.3, -0.25) is 4.79 Å². The van der Waals surface area contributed by atoms with Crippen LogP contribution < -0.4 is 9.80 Å². The quantitative estimate of drug-likeness (QED) is 0.354. The maximum absolute atomic E-state index is 14.2. The largest absolute Gasteiger partial charge is 0.378 e. The minimum absolute atomic E-state index is 0.0553. The highest BCUT2D eigenvalue weighted by molar-refractivity contribution is 7.98. The summed E-state index contributed by atoms with van der Waals surface area (Å²) in [5.74, 6) is 1.55. The summed E-state index contributed by atoms with van der Waals surface area (Å²) >= 11 is 1.60. The predicted molar refractivity (Wildman–Crippen MR) is 145 cm³/mol. The zero-order valence-electron chi connectivity index (χ0n) is 21.3. The normalized spacial score (nSPS) is 16.2. The van der Waals surface area contributed by atoms with E-state index in [4.69, 9.17) is 14.7 Å². The summed E-state index contributed by atoms with van der Waals surface area (Å²) in [4.78, 5) is 28.5. The van der Waals surface area contributed by atoms with Crippen molar-refractivity contribution in [2.45, 2.75) is 24.8 Å². The number of benzene rings is 2. The van der Waals surface area contributed by atoms with Crippen LogP contribution in [0.25, 0.3) is 0 Å². The monoisotopic (exact) mass is 521 g/mol. The molecule has 3 aromatic rings. The summed E-state index contributed by atoms with van der Waals surface area (Å²) in [5.41, 5.74) is 4.53. The van der Waals surface area contributed by atoms with E-state index < -0.39 is 0 Å². The van der Waals surface area contributed by atoms with Gasteiger partial charge in [-0.15, -0.1) is 0 Å². The first kappa shape index (κ1) is 25.5. The van der Waals surface area contributed by atoms with Crippen LogP contribution in [0.4, 0.5) is 15.9 Å². The number of aromatic nitrogens is 2. The zero-order valence-corrected chi connectivity index (χ0v) is 22.1. The fraction of sp³-hybridized carbons (Fsp3) is 0.393. The molecule has 2 aromatic carbocycles. The summed E-state index contributed by atoms with van der Waals surface area (Å²) in [6.07, 6.45) is 0. The molecule has 1 aromatic heterocycles. The maximum atomic E-state index is 14.2. The highest BCUT2D eigenvalue weighted by atomic mass is 32.2. The van der Waals surface area contributed by atoms with Crippen LogP contribution in [0.2, 0.25) is 0 Å². The number of anilines is 2. The number of nitrogens with zero attached hydrogens (tertiary/aromatic N) is 5. The van der Waals surface area contributed by atoms with Crippen molar-refractivity contribution in [1.82, 2.24) is 14.9 Å². The van der Waals surface area contributed by atoms with E-state index >= 15 is 0 Å². The van der Waals surface area contributed by atoms with E-state index in [1.165, 1.54) is 6.07 Å². The molecular weight excluding hydrogens is 489 g/mol. The van der Waals surface area contributed by atoms with Gasteiger partial charge in [0.05, 0.1) is 18.9 Å². The zero-order chi connectivity index (χ0) is 25.8. The van der Waals surface area contributed by atoms with Crippen molar-refractivity contribution in [2.24, 2.45) is 0 Å². The lowest BCUT2D eigenvalue weighted by molar-refractivity contribution is 0.0303. The lowest BCUT2D eigenvalue weighted by Crippen LogP contribution is -2.47. The van der Waals surface area contributed by atoms with E-state index in [0.717, 1.165) is 59.7 Å². The molecule has 2 fully saturated rings. The fourth-order valence-electron chi connectivity index (χ4n) is 4.67. The van der Waals surface area contributed by atoms with Crippen molar-refractivity contribution < 1.29 is 13.9 Å². The van der Waals surface area contributed by atoms with Crippen LogP contribution >= 0.6 is 11.8 Å². The van der Waals surface area contributed by atoms with Gasteiger partial charge in [0, 0.05) is 61.8 Å². The van der Waals surface area contributed by atoms with Crippen molar-refractivity contribution in [2.75, 3.05) is 62.3 Å². The van der Waals surface area contributed by atoms with E-state index in [1.54, 1.807) is 17.8 Å². The number of hydrogen-bond acceptors (Lipinski definition) is 7. The summed E-state index contributed by atoms with van der Waals surface area (Å²) < 4.78 is 19.6. The Hall–Kier alpha value is -3.17. The van der Waals surface area contributed by atoms with E-state index in [2.05, 4.69) is 16.7 Å². The number of halogens is 1. The van der Waals surface area contributed by atoms with Gasteiger partial charge in [-0.25, -0.2) is 14.4 Å². The van der Waals surface area contributed by atoms with Gasteiger partial charge in [0.25, 0.3) is 5.91 Å². The van der Waals surface area contributed by atoms with Gasteiger partial charge in [0.2, 0.25) is 0 Å². The third-order valence-corrected chi connectivity index (χ3v) is 7.90. The van der Waals surface area contributed by atoms with Crippen LogP contribution in [0.15, 0.2) is 53.7 Å². The number of piperazine rings is 1. The molecule has 0 aliphatic carbocycles. The highest BCUT2D eigenvalue weighted by Gasteiger charge is 2.23. The minimum Gasteiger partial charge on any atom is -0.378 e. The van der Waals surface area contributed by atoms with Gasteiger partial charge in [-0.1, -0.05) is 36.0 Å². The molecule has 2 aliphatic heterocycles. The first-order valence-electron chi connectivity index (χ1n) is 12.7. The standard InChI is InChI=1S/C28H32FN5O2S/c1-20-21(2)30-28(31-26(20)33-13-11-32(12-14-33)25-6-4-3-5-24(25)29)37-19-22-7-9-23(10-8-22)27(35)34-15-17-36-18-16-34/h3-10H,11-19H2,1-2H3. The fourth-order valence-corrected chi connectivity index (χ4v) is 5.51. The smallest absolute Gasteiger partial charge is 0.254 e. The lowest BCUT2D eigenvalue weighted by atomic mass is 10.1. The third-order valence-electron chi connectivity index (χ3n) is 6.98. The molecule has 194 valence electrons. The minimum atomic E-state index is -0.179. The molecular formula is C28H32FN5O2S. The van der Waals surface area contributed by atoms with Crippen molar-refractivity contribution in [1.29, 1.82) is 0 Å². The molecule has 0 bridgehead atoms. The average Bonchev–Trinajstić information content (AvgIpc) is 2.94. The Kier molecular flexibility index (Phi) is 7.90. The topological polar surface area (TPSA) is 61.8 Å². The number of aryl methyl sites for hydroxylation is 1. The number of thioether (sulfide) groups is 1. The Morgan fingerprint density at radius 2 is 1.59 bits per heavy atom. The molecule has 5 rings (SSSR count). The Bertz CT molecular complexity index is 1240. The number of morpholine rings is 1. The van der Waals surface area contributed by atoms with E-state index in [0.29, 0.717) is 37.6 Å². The van der Waals surface area contributed by atoms with E-state index in [1.807, 2.05) is 48.2 Å². The van der Waals surface area contributed by atoms with Crippen LogP contribution in [0.1, 0.15) is 27.2 Å². The Morgan fingerprint density at radius 1 is 0.919 bits per heavy atom. The Balaban J connectivity index is 1.21. The average molecular weight is 522 g/mol. The van der Waals surface area contributed by atoms with Gasteiger partial charge in [-0.2, -0.15) is 0 Å². The highest BCUT2D eigenvalue weighted by Crippen LogP contribution is 2.28. The van der Waals surface area contributed by atoms with Crippen LogP contribution in [-0.2, 0) is 10.5 Å². The van der Waals surface area contributed by atoms with Crippen LogP contribution in [0.5, 0.6) is 0 Å². The summed E-state index contributed by atoms with van der Waals surface area (Å²) in [7, 11) is 0. The first-order valence-corrected chi connectivity index (χ1v) is 13.7. The molecule has 3 heterocycles. The molecule has 7 nitrogen and oxygen atoms in total. The number of rotatable bonds is 6. The van der Waals surface area contributed by atoms with Crippen LogP contribution in [0, 0.1) is 19.7 Å². The van der Waals surface area contributed by atoms with Crippen molar-refractivity contribution >= 4 is 29.2 Å². The number of amides is 1. The molecule has 9 heteroatoms. The Labute approximate surface area is 221 Å². The number of hydrogen-bond donors (Lipinski definition) is 0. The first-order chi connectivity index (χ1) is 18.0. The van der Waals surface area contributed by atoms with Gasteiger partial charge in [0.1, 0.15) is 11.6 Å². The summed E-state index contributed by atoms with van der Waals surface area (Å²) in [6, 6.07) is 14.8. The van der Waals surface area contributed by atoms with E-state index in [-0.39, 0.29) is 11.7 Å². The molecule has 0 spiro atoms. The molecule has 2 saturated heterocycles. The van der Waals surface area contributed by atoms with Gasteiger partial charge < -0.3 is 19.4 Å². The summed E-state index contributed by atoms with van der Waals surface area (Å²) in [6.45, 7) is 9.58. The number of ether oxygens (including phenoxy) is 1. The molecule has 0 unspecified atom stereocenters. The maximum Gasteiger partial charge on any atom is 0.254 e. The van der Waals surface area contributed by atoms with Gasteiger partial charge >= 0.3 is 0 Å². The van der Waals surface area contributed by atoms with Crippen LogP contribution in [-0.4, -0.2) is 73.3 Å². The van der Waals surface area contributed by atoms with Gasteiger partial charge in [0.15, 0.2) is 5.16 Å². The van der Waals surface area contributed by atoms with Crippen molar-refractivity contribution in [3.05, 3.63) is 76.7 Å². The number of para-hydroxylation sites is 1. The predicted octanol–water partition coefficient (Wildman–Crippen LogP) is 4.32. The second-order valence-corrected chi connectivity index (χ2v) is 10.3. The second-order valence-electron chi connectivity index (χ2n) is 9.36. The third kappa shape index (κ3) is 5.88. The number of carbonyl (C=O) groups is 1. The van der Waals surface area contributed by atoms with E-state index in [9.17, 15) is 9.18 Å². The molecule has 1 amide bonds. The lowest BCUT2D eigenvalue weighted by Gasteiger charge is -2.37. The van der Waals surface area contributed by atoms with Gasteiger partial charge in [-0.05, 0) is 43.7 Å². The molecule has 2 aliphatic rings. The second kappa shape index (κ2) is 11.5. The molecule has 0 N–H and O–H groups in total. The number of carbonyl (C=O) groups excluding carboxylic acids is 1. The molecule has 0 atom stereocenters. The molecule has 37 heavy (non-hydrogen) atoms. The molecule has 0 saturated carbocycles. The van der Waals surface area contributed by atoms with Crippen molar-refractivity contribution in [3.63, 3.8) is 0 Å². The molecule has 0 radical (unpaired) electrons. The SMILES string of the molecule is Cc1nc(SCc2ccc(C(=O)N3CCOCC3)cc2)nc(N2CCN(c3ccccc3F)CC2)c1C. The summed E-state index contributed by atoms with van der Waals surface area (Å²) in [5, 5.41) is 0.739. The van der Waals surface area contributed by atoms with Crippen molar-refractivity contribution in [3.8, 4) is 0 Å². The Morgan fingerprint density at radius 3 is 2.30 bits per heavy atom.